The third-order valence-corrected chi connectivity index (χ3v) is 11.7. The van der Waals surface area contributed by atoms with Crippen LogP contribution in [0, 0.1) is 0 Å². The van der Waals surface area contributed by atoms with E-state index in [1.165, 1.54) is 225 Å². The summed E-state index contributed by atoms with van der Waals surface area (Å²) in [5.41, 5.74) is 0. The first-order chi connectivity index (χ1) is 27.2. The first kappa shape index (κ1) is 53.9. The van der Waals surface area contributed by atoms with Crippen molar-refractivity contribution in [3.63, 3.8) is 0 Å². The van der Waals surface area contributed by atoms with Gasteiger partial charge in [-0.05, 0) is 32.1 Å². The lowest BCUT2D eigenvalue weighted by Crippen LogP contribution is -2.45. The molecule has 4 heteroatoms. The molecule has 55 heavy (non-hydrogen) atoms. The van der Waals surface area contributed by atoms with E-state index < -0.39 is 12.1 Å². The van der Waals surface area contributed by atoms with Crippen molar-refractivity contribution in [1.29, 1.82) is 0 Å². The molecule has 0 aromatic rings. The minimum atomic E-state index is -0.858. The van der Waals surface area contributed by atoms with E-state index in [1.54, 1.807) is 6.08 Å². The highest BCUT2D eigenvalue weighted by Crippen LogP contribution is 2.17. The van der Waals surface area contributed by atoms with Crippen LogP contribution in [0.4, 0.5) is 0 Å². The van der Waals surface area contributed by atoms with Crippen LogP contribution in [-0.2, 0) is 4.79 Å². The minimum Gasteiger partial charge on any atom is -0.394 e. The normalized spacial score (nSPS) is 13.0. The lowest BCUT2D eigenvalue weighted by Gasteiger charge is -2.19. The summed E-state index contributed by atoms with van der Waals surface area (Å²) < 4.78 is 0. The zero-order valence-corrected chi connectivity index (χ0v) is 37.5. The fourth-order valence-corrected chi connectivity index (χ4v) is 7.84. The van der Waals surface area contributed by atoms with E-state index in [2.05, 4.69) is 31.3 Å². The predicted molar refractivity (Wildman–Crippen MR) is 244 cm³/mol. The Kier molecular flexibility index (Phi) is 46.3. The number of aliphatic hydroxyl groups is 2. The van der Waals surface area contributed by atoms with Gasteiger partial charge in [-0.3, -0.25) is 4.79 Å². The number of hydrogen-bond acceptors (Lipinski definition) is 3. The number of carbonyl (C=O) groups is 1. The topological polar surface area (TPSA) is 69.6 Å². The van der Waals surface area contributed by atoms with Gasteiger partial charge in [0.05, 0.1) is 18.8 Å². The Morgan fingerprint density at radius 1 is 0.418 bits per heavy atom. The molecule has 326 valence electrons. The van der Waals surface area contributed by atoms with E-state index in [0.29, 0.717) is 6.42 Å². The third-order valence-electron chi connectivity index (χ3n) is 11.7. The lowest BCUT2D eigenvalue weighted by molar-refractivity contribution is -0.123. The predicted octanol–water partition coefficient (Wildman–Crippen LogP) is 16.0. The Morgan fingerprint density at radius 3 is 1.05 bits per heavy atom. The summed E-state index contributed by atoms with van der Waals surface area (Å²) in [6.45, 7) is 4.33. The Bertz CT molecular complexity index is 795. The summed E-state index contributed by atoms with van der Waals surface area (Å²) in [4.78, 5) is 12.4. The molecule has 0 fully saturated rings. The second-order valence-electron chi connectivity index (χ2n) is 17.2. The Morgan fingerprint density at radius 2 is 0.709 bits per heavy atom. The molecule has 0 aliphatic carbocycles. The van der Waals surface area contributed by atoms with E-state index in [9.17, 15) is 15.0 Å². The molecule has 0 rings (SSSR count). The number of nitrogens with one attached hydrogen (secondary N) is 1. The van der Waals surface area contributed by atoms with Crippen molar-refractivity contribution in [2.45, 2.75) is 289 Å². The van der Waals surface area contributed by atoms with Crippen molar-refractivity contribution in [2.24, 2.45) is 0 Å². The number of allylic oxidation sites excluding steroid dienone is 3. The highest BCUT2D eigenvalue weighted by atomic mass is 16.3. The van der Waals surface area contributed by atoms with Crippen LogP contribution in [0.5, 0.6) is 0 Å². The van der Waals surface area contributed by atoms with Crippen molar-refractivity contribution in [3.05, 3.63) is 24.3 Å². The molecule has 0 aromatic heterocycles. The minimum absolute atomic E-state index is 0.0681. The molecule has 3 N–H and O–H groups in total. The highest BCUT2D eigenvalue weighted by Gasteiger charge is 2.17. The average Bonchev–Trinajstić information content (AvgIpc) is 3.19. The summed E-state index contributed by atoms with van der Waals surface area (Å²) >= 11 is 0. The van der Waals surface area contributed by atoms with Gasteiger partial charge in [-0.15, -0.1) is 0 Å². The van der Waals surface area contributed by atoms with Crippen molar-refractivity contribution >= 4 is 5.91 Å². The van der Waals surface area contributed by atoms with Gasteiger partial charge < -0.3 is 15.5 Å². The average molecular weight is 774 g/mol. The van der Waals surface area contributed by atoms with Gasteiger partial charge in [0.15, 0.2) is 0 Å². The molecule has 0 aliphatic heterocycles. The lowest BCUT2D eigenvalue weighted by atomic mass is 10.0. The molecule has 1 amide bonds. The van der Waals surface area contributed by atoms with Crippen LogP contribution in [0.25, 0.3) is 0 Å². The number of rotatable bonds is 46. The number of carbonyl (C=O) groups excluding carboxylic acids is 1. The summed E-state index contributed by atoms with van der Waals surface area (Å²) in [6.07, 6.45) is 61.7. The van der Waals surface area contributed by atoms with E-state index in [-0.39, 0.29) is 12.5 Å². The Balaban J connectivity index is 3.52. The molecule has 0 radical (unpaired) electrons. The molecule has 0 bridgehead atoms. The molecular formula is C51H99NO3. The molecule has 0 spiro atoms. The standard InChI is InChI=1S/C51H99NO3/c1-3-5-7-9-11-13-15-17-19-21-23-25-26-27-29-31-33-35-37-39-41-43-45-47-51(55)52-49(48-53)50(54)46-44-42-40-38-36-34-32-30-28-24-22-20-18-16-14-12-10-8-6-4-2/h36,38,44,46,49-50,53-54H,3-35,37,39-43,45,47-48H2,1-2H3,(H,52,55)/b38-36+,46-44+. The molecule has 0 heterocycles. The highest BCUT2D eigenvalue weighted by molar-refractivity contribution is 5.76. The second-order valence-corrected chi connectivity index (χ2v) is 17.2. The molecule has 2 unspecified atom stereocenters. The van der Waals surface area contributed by atoms with Crippen LogP contribution in [0.15, 0.2) is 24.3 Å². The van der Waals surface area contributed by atoms with E-state index in [0.717, 1.165) is 32.1 Å². The van der Waals surface area contributed by atoms with E-state index >= 15 is 0 Å². The second kappa shape index (κ2) is 47.2. The first-order valence-electron chi connectivity index (χ1n) is 25.1. The van der Waals surface area contributed by atoms with Crippen molar-refractivity contribution in [3.8, 4) is 0 Å². The maximum atomic E-state index is 12.4. The Hall–Kier alpha value is -1.13. The number of hydrogen-bond donors (Lipinski definition) is 3. The van der Waals surface area contributed by atoms with Gasteiger partial charge in [0.2, 0.25) is 5.91 Å². The number of aliphatic hydroxyl groups excluding tert-OH is 2. The van der Waals surface area contributed by atoms with E-state index in [4.69, 9.17) is 0 Å². The summed E-state index contributed by atoms with van der Waals surface area (Å²) in [6, 6.07) is -0.635. The quantitative estimate of drug-likeness (QED) is 0.0426. The van der Waals surface area contributed by atoms with Gasteiger partial charge in [-0.1, -0.05) is 263 Å². The summed E-state index contributed by atoms with van der Waals surface area (Å²) in [5, 5.41) is 23.1. The fraction of sp³-hybridized carbons (Fsp3) is 0.902. The van der Waals surface area contributed by atoms with Crippen molar-refractivity contribution in [1.82, 2.24) is 5.32 Å². The SMILES string of the molecule is CCCCCCCCCCCCCCCC/C=C/CC/C=C/C(O)C(CO)NC(=O)CCCCCCCCCCCCCCCCCCCCCCCCC. The maximum Gasteiger partial charge on any atom is 0.220 e. The number of unbranched alkanes of at least 4 members (excludes halogenated alkanes) is 37. The summed E-state index contributed by atoms with van der Waals surface area (Å²) in [7, 11) is 0. The molecular weight excluding hydrogens is 675 g/mol. The monoisotopic (exact) mass is 774 g/mol. The van der Waals surface area contributed by atoms with Crippen molar-refractivity contribution < 1.29 is 15.0 Å². The molecule has 0 saturated heterocycles. The smallest absolute Gasteiger partial charge is 0.220 e. The largest absolute Gasteiger partial charge is 0.394 e. The van der Waals surface area contributed by atoms with Crippen LogP contribution in [-0.4, -0.2) is 34.9 Å². The Labute approximate surface area is 345 Å². The van der Waals surface area contributed by atoms with Gasteiger partial charge in [0.1, 0.15) is 0 Å². The van der Waals surface area contributed by atoms with Crippen LogP contribution >= 0.6 is 0 Å². The van der Waals surface area contributed by atoms with Gasteiger partial charge in [-0.2, -0.15) is 0 Å². The van der Waals surface area contributed by atoms with Gasteiger partial charge in [0.25, 0.3) is 0 Å². The van der Waals surface area contributed by atoms with Gasteiger partial charge in [-0.25, -0.2) is 0 Å². The number of amides is 1. The zero-order valence-electron chi connectivity index (χ0n) is 37.5. The van der Waals surface area contributed by atoms with Crippen LogP contribution < -0.4 is 5.32 Å². The zero-order chi connectivity index (χ0) is 40.0. The van der Waals surface area contributed by atoms with E-state index in [1.807, 2.05) is 6.08 Å². The summed E-state index contributed by atoms with van der Waals surface area (Å²) in [5.74, 6) is -0.0681. The molecule has 0 aliphatic rings. The van der Waals surface area contributed by atoms with Crippen LogP contribution in [0.1, 0.15) is 277 Å². The maximum absolute atomic E-state index is 12.4. The first-order valence-corrected chi connectivity index (χ1v) is 25.1. The van der Waals surface area contributed by atoms with Gasteiger partial charge >= 0.3 is 0 Å². The van der Waals surface area contributed by atoms with Crippen LogP contribution in [0.2, 0.25) is 0 Å². The van der Waals surface area contributed by atoms with Crippen molar-refractivity contribution in [2.75, 3.05) is 6.61 Å². The van der Waals surface area contributed by atoms with Gasteiger partial charge in [0, 0.05) is 6.42 Å². The molecule has 4 nitrogen and oxygen atoms in total. The molecule has 0 saturated carbocycles. The fourth-order valence-electron chi connectivity index (χ4n) is 7.84. The molecule has 2 atom stereocenters. The third kappa shape index (κ3) is 43.8. The molecule has 0 aromatic carbocycles. The van der Waals surface area contributed by atoms with Crippen LogP contribution in [0.3, 0.4) is 0 Å².